The molecule has 1 aromatic heterocycles. The van der Waals surface area contributed by atoms with Crippen molar-refractivity contribution in [2.75, 3.05) is 7.11 Å². The largest absolute Gasteiger partial charge is 0.464 e. The van der Waals surface area contributed by atoms with Gasteiger partial charge in [0, 0.05) is 11.8 Å². The number of nitrogens with zero attached hydrogens (tertiary/aromatic N) is 2. The summed E-state index contributed by atoms with van der Waals surface area (Å²) in [6, 6.07) is 0. The molecule has 5 nitrogen and oxygen atoms in total. The number of hydrogen-bond acceptors (Lipinski definition) is 4. The third kappa shape index (κ3) is 2.63. The fourth-order valence-corrected chi connectivity index (χ4v) is 0.898. The average Bonchev–Trinajstić information content (AvgIpc) is 2.77. The summed E-state index contributed by atoms with van der Waals surface area (Å²) >= 11 is 0. The van der Waals surface area contributed by atoms with Crippen molar-refractivity contribution in [3.63, 3.8) is 0 Å². The molecule has 0 radical (unpaired) electrons. The topological polar surface area (TPSA) is 67.3 Å². The highest BCUT2D eigenvalue weighted by atomic mass is 16.5. The van der Waals surface area contributed by atoms with Crippen molar-refractivity contribution in [3.8, 4) is 0 Å². The van der Waals surface area contributed by atoms with Gasteiger partial charge in [-0.3, -0.25) is 5.10 Å². The zero-order valence-corrected chi connectivity index (χ0v) is 8.36. The number of ether oxygens (including phenoxy) is 1. The average molecular weight is 205 g/mol. The number of hydrogen-bond donors (Lipinski definition) is 1. The molecule has 5 heteroatoms. The Hall–Kier alpha value is -2.17. The summed E-state index contributed by atoms with van der Waals surface area (Å²) in [5.74, 6) is -0.547. The van der Waals surface area contributed by atoms with Crippen molar-refractivity contribution in [2.45, 2.75) is 0 Å². The van der Waals surface area contributed by atoms with Gasteiger partial charge >= 0.3 is 5.97 Å². The molecule has 0 aliphatic heterocycles. The molecule has 0 saturated heterocycles. The fourth-order valence-electron chi connectivity index (χ4n) is 0.898. The van der Waals surface area contributed by atoms with Gasteiger partial charge in [-0.2, -0.15) is 5.10 Å². The van der Waals surface area contributed by atoms with Crippen LogP contribution in [0.3, 0.4) is 0 Å². The Morgan fingerprint density at radius 3 is 2.93 bits per heavy atom. The summed E-state index contributed by atoms with van der Waals surface area (Å²) in [6.45, 7) is 7.17. The highest BCUT2D eigenvalue weighted by molar-refractivity contribution is 6.41. The summed E-state index contributed by atoms with van der Waals surface area (Å²) in [5, 5.41) is 6.37. The van der Waals surface area contributed by atoms with Crippen molar-refractivity contribution in [3.05, 3.63) is 37.2 Å². The number of aromatic amines is 1. The van der Waals surface area contributed by atoms with E-state index in [9.17, 15) is 4.79 Å². The van der Waals surface area contributed by atoms with Crippen LogP contribution in [0.25, 0.3) is 5.70 Å². The molecule has 0 aliphatic rings. The van der Waals surface area contributed by atoms with Gasteiger partial charge in [0.2, 0.25) is 0 Å². The summed E-state index contributed by atoms with van der Waals surface area (Å²) in [5.41, 5.74) is 1.24. The molecule has 78 valence electrons. The molecule has 1 aromatic rings. The highest BCUT2D eigenvalue weighted by Gasteiger charge is 2.08. The number of H-pyrrole nitrogens is 1. The van der Waals surface area contributed by atoms with Gasteiger partial charge in [0.05, 0.1) is 19.0 Å². The van der Waals surface area contributed by atoms with Gasteiger partial charge in [0.1, 0.15) is 5.71 Å². The molecule has 0 spiro atoms. The standard InChI is InChI=1S/C10H11N3O2/c1-4-9(10(14)15-3)13-7(2)8-5-11-12-6-8/h4-6H,1-2H2,3H3,(H,11,12). The van der Waals surface area contributed by atoms with Gasteiger partial charge < -0.3 is 4.74 Å². The van der Waals surface area contributed by atoms with E-state index in [-0.39, 0.29) is 5.71 Å². The number of aromatic nitrogens is 2. The lowest BCUT2D eigenvalue weighted by Crippen LogP contribution is -2.12. The molecule has 0 aliphatic carbocycles. The van der Waals surface area contributed by atoms with Crippen LogP contribution in [0.5, 0.6) is 0 Å². The van der Waals surface area contributed by atoms with Crippen LogP contribution in [0, 0.1) is 0 Å². The second-order valence-corrected chi connectivity index (χ2v) is 2.63. The van der Waals surface area contributed by atoms with Crippen molar-refractivity contribution in [1.82, 2.24) is 10.2 Å². The Morgan fingerprint density at radius 1 is 1.73 bits per heavy atom. The maximum absolute atomic E-state index is 11.2. The van der Waals surface area contributed by atoms with Crippen LogP contribution in [-0.2, 0) is 9.53 Å². The van der Waals surface area contributed by atoms with Crippen LogP contribution in [0.1, 0.15) is 5.56 Å². The maximum atomic E-state index is 11.2. The van der Waals surface area contributed by atoms with E-state index >= 15 is 0 Å². The van der Waals surface area contributed by atoms with Crippen LogP contribution < -0.4 is 0 Å². The lowest BCUT2D eigenvalue weighted by molar-refractivity contribution is -0.132. The summed E-state index contributed by atoms with van der Waals surface area (Å²) in [6.07, 6.45) is 4.50. The number of methoxy groups -OCH3 is 1. The highest BCUT2D eigenvalue weighted by Crippen LogP contribution is 2.11. The summed E-state index contributed by atoms with van der Waals surface area (Å²) in [4.78, 5) is 15.1. The van der Waals surface area contributed by atoms with Crippen LogP contribution >= 0.6 is 0 Å². The van der Waals surface area contributed by atoms with E-state index in [1.165, 1.54) is 13.2 Å². The Labute approximate surface area is 87.2 Å². The molecule has 1 heterocycles. The molecule has 0 bridgehead atoms. The van der Waals surface area contributed by atoms with E-state index in [1.807, 2.05) is 0 Å². The first-order valence-corrected chi connectivity index (χ1v) is 4.16. The van der Waals surface area contributed by atoms with Gasteiger partial charge in [0.15, 0.2) is 0 Å². The number of rotatable bonds is 4. The third-order valence-electron chi connectivity index (χ3n) is 1.67. The Bertz CT molecular complexity index is 404. The zero-order valence-electron chi connectivity index (χ0n) is 8.36. The number of nitrogens with one attached hydrogen (secondary N) is 1. The second-order valence-electron chi connectivity index (χ2n) is 2.63. The fraction of sp³-hybridized carbons (Fsp3) is 0.100. The zero-order chi connectivity index (χ0) is 11.3. The van der Waals surface area contributed by atoms with Crippen molar-refractivity contribution >= 4 is 17.4 Å². The monoisotopic (exact) mass is 205 g/mol. The molecule has 0 saturated carbocycles. The SMILES string of the molecule is C=CC(=NC(=C)c1cn[nH]c1)C(=O)OC. The van der Waals surface area contributed by atoms with Crippen LogP contribution in [-0.4, -0.2) is 29.0 Å². The molecule has 1 N–H and O–H groups in total. The number of carbonyl (C=O) groups excluding carboxylic acids is 1. The molecular formula is C10H11N3O2. The first-order valence-electron chi connectivity index (χ1n) is 4.16. The van der Waals surface area contributed by atoms with Crippen molar-refractivity contribution in [1.29, 1.82) is 0 Å². The lowest BCUT2D eigenvalue weighted by Gasteiger charge is -1.99. The van der Waals surface area contributed by atoms with Crippen molar-refractivity contribution < 1.29 is 9.53 Å². The Morgan fingerprint density at radius 2 is 2.47 bits per heavy atom. The van der Waals surface area contributed by atoms with E-state index in [4.69, 9.17) is 0 Å². The Kier molecular flexibility index (Phi) is 3.56. The smallest absolute Gasteiger partial charge is 0.356 e. The Balaban J connectivity index is 2.90. The molecule has 0 unspecified atom stereocenters. The van der Waals surface area contributed by atoms with Gasteiger partial charge in [-0.15, -0.1) is 0 Å². The van der Waals surface area contributed by atoms with Gasteiger partial charge in [-0.1, -0.05) is 13.2 Å². The lowest BCUT2D eigenvalue weighted by atomic mass is 10.3. The maximum Gasteiger partial charge on any atom is 0.356 e. The first kappa shape index (κ1) is 10.9. The minimum absolute atomic E-state index is 0.115. The van der Waals surface area contributed by atoms with E-state index in [1.54, 1.807) is 12.4 Å². The van der Waals surface area contributed by atoms with Crippen LogP contribution in [0.4, 0.5) is 0 Å². The summed E-state index contributed by atoms with van der Waals surface area (Å²) in [7, 11) is 1.28. The molecule has 0 atom stereocenters. The van der Waals surface area contributed by atoms with E-state index in [0.29, 0.717) is 11.3 Å². The molecule has 15 heavy (non-hydrogen) atoms. The number of esters is 1. The minimum Gasteiger partial charge on any atom is -0.464 e. The molecular weight excluding hydrogens is 194 g/mol. The van der Waals surface area contributed by atoms with E-state index < -0.39 is 5.97 Å². The van der Waals surface area contributed by atoms with Gasteiger partial charge in [-0.25, -0.2) is 9.79 Å². The predicted octanol–water partition coefficient (Wildman–Crippen LogP) is 1.18. The molecule has 0 fully saturated rings. The van der Waals surface area contributed by atoms with E-state index in [0.717, 1.165) is 0 Å². The molecule has 0 amide bonds. The van der Waals surface area contributed by atoms with E-state index in [2.05, 4.69) is 33.1 Å². The molecule has 0 aromatic carbocycles. The third-order valence-corrected chi connectivity index (χ3v) is 1.67. The molecule has 1 rings (SSSR count). The van der Waals surface area contributed by atoms with Gasteiger partial charge in [-0.05, 0) is 6.08 Å². The predicted molar refractivity (Wildman–Crippen MR) is 57.3 cm³/mol. The number of aliphatic imine (C=N–C) groups is 1. The number of carbonyl (C=O) groups is 1. The summed E-state index contributed by atoms with van der Waals surface area (Å²) < 4.78 is 4.52. The van der Waals surface area contributed by atoms with Crippen LogP contribution in [0.2, 0.25) is 0 Å². The van der Waals surface area contributed by atoms with Gasteiger partial charge in [0.25, 0.3) is 0 Å². The van der Waals surface area contributed by atoms with Crippen LogP contribution in [0.15, 0.2) is 36.6 Å². The normalized spacial score (nSPS) is 10.9. The minimum atomic E-state index is -0.547. The second kappa shape index (κ2) is 4.90. The first-order chi connectivity index (χ1) is 7.19. The quantitative estimate of drug-likeness (QED) is 0.592. The van der Waals surface area contributed by atoms with Crippen molar-refractivity contribution in [2.24, 2.45) is 4.99 Å².